The summed E-state index contributed by atoms with van der Waals surface area (Å²) < 4.78 is 5.21. The van der Waals surface area contributed by atoms with E-state index in [9.17, 15) is 9.59 Å². The maximum atomic E-state index is 13.3. The molecule has 3 aromatic carbocycles. The Bertz CT molecular complexity index is 1120. The molecule has 0 saturated heterocycles. The van der Waals surface area contributed by atoms with Gasteiger partial charge in [0.05, 0.1) is 18.0 Å². The van der Waals surface area contributed by atoms with Crippen LogP contribution in [0.25, 0.3) is 0 Å². The first kappa shape index (κ1) is 22.7. The summed E-state index contributed by atoms with van der Waals surface area (Å²) in [5.41, 5.74) is 5.37. The summed E-state index contributed by atoms with van der Waals surface area (Å²) in [5.74, 6) is -0.0605. The maximum absolute atomic E-state index is 13.3. The standard InChI is InChI=1S/C25H25N3O4S/c1-32-20-10-7-17(8-11-20)13-23-25(30)28(16-24(29)27-31)21-12-9-19(14-22(21)33-23)26-15-18-5-3-2-4-6-18/h2-12,14,23,26,31H,13,15-16H2,1H3,(H,27,29). The highest BCUT2D eigenvalue weighted by Crippen LogP contribution is 2.42. The molecule has 3 aromatic rings. The van der Waals surface area contributed by atoms with Gasteiger partial charge in [0.2, 0.25) is 5.91 Å². The molecule has 1 aliphatic heterocycles. The summed E-state index contributed by atoms with van der Waals surface area (Å²) in [5, 5.41) is 12.0. The number of ether oxygens (including phenoxy) is 1. The summed E-state index contributed by atoms with van der Waals surface area (Å²) in [6.45, 7) is 0.425. The molecule has 0 fully saturated rings. The van der Waals surface area contributed by atoms with Gasteiger partial charge in [-0.3, -0.25) is 14.8 Å². The van der Waals surface area contributed by atoms with E-state index < -0.39 is 11.2 Å². The van der Waals surface area contributed by atoms with Crippen LogP contribution < -0.4 is 20.4 Å². The number of methoxy groups -OCH3 is 1. The number of carbonyl (C=O) groups excluding carboxylic acids is 2. The van der Waals surface area contributed by atoms with Gasteiger partial charge in [0.25, 0.3) is 5.91 Å². The summed E-state index contributed by atoms with van der Waals surface area (Å²) in [6, 6.07) is 23.4. The Kier molecular flexibility index (Phi) is 7.16. The van der Waals surface area contributed by atoms with Crippen molar-refractivity contribution in [2.24, 2.45) is 0 Å². The normalized spacial score (nSPS) is 15.0. The van der Waals surface area contributed by atoms with Gasteiger partial charge in [0.15, 0.2) is 0 Å². The third kappa shape index (κ3) is 5.47. The van der Waals surface area contributed by atoms with Gasteiger partial charge in [-0.05, 0) is 47.9 Å². The van der Waals surface area contributed by atoms with Crippen LogP contribution in [0.5, 0.6) is 5.75 Å². The molecule has 2 amide bonds. The Hall–Kier alpha value is -3.49. The summed E-state index contributed by atoms with van der Waals surface area (Å²) in [7, 11) is 1.61. The molecule has 3 N–H and O–H groups in total. The van der Waals surface area contributed by atoms with E-state index in [1.54, 1.807) is 12.6 Å². The molecule has 0 spiro atoms. The van der Waals surface area contributed by atoms with Gasteiger partial charge in [-0.25, -0.2) is 5.48 Å². The zero-order valence-corrected chi connectivity index (χ0v) is 19.0. The molecule has 7 nitrogen and oxygen atoms in total. The van der Waals surface area contributed by atoms with Crippen LogP contribution in [0.4, 0.5) is 11.4 Å². The minimum absolute atomic E-state index is 0.170. The lowest BCUT2D eigenvalue weighted by Gasteiger charge is -2.33. The quantitative estimate of drug-likeness (QED) is 0.347. The first-order chi connectivity index (χ1) is 16.1. The second kappa shape index (κ2) is 10.4. The van der Waals surface area contributed by atoms with Crippen LogP contribution in [0.1, 0.15) is 11.1 Å². The molecule has 1 unspecified atom stereocenters. The molecular weight excluding hydrogens is 438 g/mol. The summed E-state index contributed by atoms with van der Waals surface area (Å²) >= 11 is 1.49. The lowest BCUT2D eigenvalue weighted by molar-refractivity contribution is -0.129. The van der Waals surface area contributed by atoms with E-state index in [1.165, 1.54) is 16.7 Å². The number of amides is 2. The molecule has 0 aromatic heterocycles. The number of anilines is 2. The van der Waals surface area contributed by atoms with Crippen LogP contribution in [0, 0.1) is 0 Å². The molecule has 4 rings (SSSR count). The Morgan fingerprint density at radius 2 is 1.82 bits per heavy atom. The molecule has 0 bridgehead atoms. The lowest BCUT2D eigenvalue weighted by Crippen LogP contribution is -2.46. The van der Waals surface area contributed by atoms with Crippen molar-refractivity contribution in [1.29, 1.82) is 0 Å². The highest BCUT2D eigenvalue weighted by Gasteiger charge is 2.34. The van der Waals surface area contributed by atoms with Crippen molar-refractivity contribution in [2.45, 2.75) is 23.1 Å². The van der Waals surface area contributed by atoms with E-state index in [0.29, 0.717) is 18.7 Å². The third-order valence-corrected chi connectivity index (χ3v) is 6.64. The van der Waals surface area contributed by atoms with Crippen molar-refractivity contribution in [3.63, 3.8) is 0 Å². The van der Waals surface area contributed by atoms with Crippen LogP contribution in [-0.4, -0.2) is 35.9 Å². The number of thioether (sulfide) groups is 1. The predicted molar refractivity (Wildman–Crippen MR) is 129 cm³/mol. The Morgan fingerprint density at radius 3 is 2.52 bits per heavy atom. The number of hydroxylamine groups is 1. The number of fused-ring (bicyclic) bond motifs is 1. The molecule has 8 heteroatoms. The highest BCUT2D eigenvalue weighted by atomic mass is 32.2. The third-order valence-electron chi connectivity index (χ3n) is 5.41. The molecular formula is C25H25N3O4S. The minimum Gasteiger partial charge on any atom is -0.497 e. The number of nitrogens with one attached hydrogen (secondary N) is 2. The second-order valence-electron chi connectivity index (χ2n) is 7.64. The van der Waals surface area contributed by atoms with Crippen molar-refractivity contribution < 1.29 is 19.5 Å². The molecule has 0 saturated carbocycles. The average Bonchev–Trinajstić information content (AvgIpc) is 2.86. The Balaban J connectivity index is 1.57. The largest absolute Gasteiger partial charge is 0.497 e. The zero-order valence-electron chi connectivity index (χ0n) is 18.2. The monoisotopic (exact) mass is 463 g/mol. The van der Waals surface area contributed by atoms with Crippen LogP contribution in [-0.2, 0) is 22.6 Å². The van der Waals surface area contributed by atoms with Gasteiger partial charge >= 0.3 is 0 Å². The van der Waals surface area contributed by atoms with Crippen molar-refractivity contribution in [3.05, 3.63) is 83.9 Å². The maximum Gasteiger partial charge on any atom is 0.263 e. The molecule has 0 aliphatic carbocycles. The minimum atomic E-state index is -0.643. The van der Waals surface area contributed by atoms with Gasteiger partial charge in [-0.15, -0.1) is 11.8 Å². The van der Waals surface area contributed by atoms with E-state index in [2.05, 4.69) is 17.4 Å². The number of hydrogen-bond donors (Lipinski definition) is 3. The van der Waals surface area contributed by atoms with Gasteiger partial charge in [-0.2, -0.15) is 0 Å². The van der Waals surface area contributed by atoms with Crippen LogP contribution >= 0.6 is 11.8 Å². The fraction of sp³-hybridized carbons (Fsp3) is 0.200. The summed E-state index contributed by atoms with van der Waals surface area (Å²) in [6.07, 6.45) is 0.506. The predicted octanol–water partition coefficient (Wildman–Crippen LogP) is 3.86. The fourth-order valence-electron chi connectivity index (χ4n) is 3.68. The van der Waals surface area contributed by atoms with Crippen molar-refractivity contribution in [3.8, 4) is 5.75 Å². The molecule has 1 heterocycles. The number of nitrogens with zero attached hydrogens (tertiary/aromatic N) is 1. The Morgan fingerprint density at radius 1 is 1.06 bits per heavy atom. The van der Waals surface area contributed by atoms with E-state index in [0.717, 1.165) is 27.5 Å². The number of hydrogen-bond acceptors (Lipinski definition) is 6. The van der Waals surface area contributed by atoms with Gasteiger partial charge < -0.3 is 15.0 Å². The highest BCUT2D eigenvalue weighted by molar-refractivity contribution is 8.01. The van der Waals surface area contributed by atoms with Crippen LogP contribution in [0.3, 0.4) is 0 Å². The van der Waals surface area contributed by atoms with Gasteiger partial charge in [0.1, 0.15) is 12.3 Å². The van der Waals surface area contributed by atoms with Crippen molar-refractivity contribution in [1.82, 2.24) is 5.48 Å². The lowest BCUT2D eigenvalue weighted by atomic mass is 10.1. The Labute approximate surface area is 196 Å². The first-order valence-corrected chi connectivity index (χ1v) is 11.4. The first-order valence-electron chi connectivity index (χ1n) is 10.5. The molecule has 170 valence electrons. The molecule has 0 radical (unpaired) electrons. The van der Waals surface area contributed by atoms with Crippen LogP contribution in [0.2, 0.25) is 0 Å². The smallest absolute Gasteiger partial charge is 0.263 e. The summed E-state index contributed by atoms with van der Waals surface area (Å²) in [4.78, 5) is 27.5. The molecule has 33 heavy (non-hydrogen) atoms. The van der Waals surface area contributed by atoms with E-state index in [1.807, 2.05) is 60.7 Å². The van der Waals surface area contributed by atoms with Crippen molar-refractivity contribution in [2.75, 3.05) is 23.9 Å². The van der Waals surface area contributed by atoms with E-state index in [4.69, 9.17) is 9.94 Å². The number of carbonyl (C=O) groups is 2. The van der Waals surface area contributed by atoms with Gasteiger partial charge in [0, 0.05) is 17.1 Å². The van der Waals surface area contributed by atoms with Crippen molar-refractivity contribution >= 4 is 35.0 Å². The fourth-order valence-corrected chi connectivity index (χ4v) is 4.99. The average molecular weight is 464 g/mol. The molecule has 1 aliphatic rings. The van der Waals surface area contributed by atoms with Gasteiger partial charge in [-0.1, -0.05) is 42.5 Å². The van der Waals surface area contributed by atoms with Crippen LogP contribution in [0.15, 0.2) is 77.7 Å². The molecule has 1 atom stereocenters. The van der Waals surface area contributed by atoms with E-state index >= 15 is 0 Å². The number of rotatable bonds is 8. The SMILES string of the molecule is COc1ccc(CC2Sc3cc(NCc4ccccc4)ccc3N(CC(=O)NO)C2=O)cc1. The van der Waals surface area contributed by atoms with E-state index in [-0.39, 0.29) is 12.5 Å². The number of benzene rings is 3. The zero-order chi connectivity index (χ0) is 23.2. The second-order valence-corrected chi connectivity index (χ2v) is 8.88. The topological polar surface area (TPSA) is 90.9 Å².